The first-order valence-corrected chi connectivity index (χ1v) is 9.78. The number of esters is 1. The van der Waals surface area contributed by atoms with E-state index in [1.54, 1.807) is 62.4 Å². The van der Waals surface area contributed by atoms with Crippen LogP contribution >= 0.6 is 0 Å². The summed E-state index contributed by atoms with van der Waals surface area (Å²) in [6.07, 6.45) is 0. The molecule has 2 heterocycles. The SMILES string of the molecule is CCOOCC(O)(C(=O)OCC)C1c2ccccc2-n2c1nc1ccccc1c2=O. The van der Waals surface area contributed by atoms with Gasteiger partial charge in [-0.1, -0.05) is 30.3 Å². The molecule has 1 N–H and O–H groups in total. The summed E-state index contributed by atoms with van der Waals surface area (Å²) in [4.78, 5) is 40.9. The number of ether oxygens (including phenoxy) is 1. The largest absolute Gasteiger partial charge is 0.464 e. The van der Waals surface area contributed by atoms with Crippen LogP contribution < -0.4 is 5.56 Å². The van der Waals surface area contributed by atoms with Gasteiger partial charge in [-0.2, -0.15) is 0 Å². The molecule has 8 nitrogen and oxygen atoms in total. The summed E-state index contributed by atoms with van der Waals surface area (Å²) in [6.45, 7) is 3.19. The lowest BCUT2D eigenvalue weighted by atomic mass is 9.82. The second kappa shape index (κ2) is 7.98. The molecule has 0 saturated heterocycles. The summed E-state index contributed by atoms with van der Waals surface area (Å²) in [5, 5.41) is 12.0. The number of hydrogen-bond donors (Lipinski definition) is 1. The van der Waals surface area contributed by atoms with E-state index in [-0.39, 0.29) is 24.6 Å². The van der Waals surface area contributed by atoms with Gasteiger partial charge in [-0.25, -0.2) is 19.6 Å². The molecule has 1 aliphatic rings. The molecule has 0 saturated carbocycles. The van der Waals surface area contributed by atoms with Gasteiger partial charge >= 0.3 is 5.97 Å². The van der Waals surface area contributed by atoms with Crippen molar-refractivity contribution >= 4 is 16.9 Å². The van der Waals surface area contributed by atoms with Gasteiger partial charge in [0.25, 0.3) is 5.56 Å². The summed E-state index contributed by atoms with van der Waals surface area (Å²) in [5.41, 5.74) is -0.819. The van der Waals surface area contributed by atoms with Gasteiger partial charge in [-0.05, 0) is 37.6 Å². The normalized spacial score (nSPS) is 16.7. The van der Waals surface area contributed by atoms with Gasteiger partial charge in [0, 0.05) is 0 Å². The zero-order valence-corrected chi connectivity index (χ0v) is 16.7. The van der Waals surface area contributed by atoms with Gasteiger partial charge in [0.15, 0.2) is 0 Å². The number of hydrogen-bond acceptors (Lipinski definition) is 7. The van der Waals surface area contributed by atoms with E-state index in [2.05, 4.69) is 4.98 Å². The first-order valence-electron chi connectivity index (χ1n) is 9.78. The van der Waals surface area contributed by atoms with Crippen LogP contribution in [0.25, 0.3) is 16.6 Å². The molecule has 156 valence electrons. The van der Waals surface area contributed by atoms with Crippen molar-refractivity contribution in [2.75, 3.05) is 19.8 Å². The lowest BCUT2D eigenvalue weighted by molar-refractivity contribution is -0.313. The van der Waals surface area contributed by atoms with E-state index in [1.165, 1.54) is 4.57 Å². The number of para-hydroxylation sites is 2. The van der Waals surface area contributed by atoms with Crippen molar-refractivity contribution in [1.82, 2.24) is 9.55 Å². The van der Waals surface area contributed by atoms with Crippen molar-refractivity contribution in [2.24, 2.45) is 0 Å². The molecular formula is C22H22N2O6. The van der Waals surface area contributed by atoms with Crippen LogP contribution in [0.5, 0.6) is 0 Å². The summed E-state index contributed by atoms with van der Waals surface area (Å²) in [7, 11) is 0. The second-order valence-corrected chi connectivity index (χ2v) is 6.93. The van der Waals surface area contributed by atoms with Gasteiger partial charge < -0.3 is 9.84 Å². The van der Waals surface area contributed by atoms with Crippen LogP contribution in [0, 0.1) is 0 Å². The van der Waals surface area contributed by atoms with Crippen molar-refractivity contribution in [3.05, 3.63) is 70.3 Å². The highest BCUT2D eigenvalue weighted by Gasteiger charge is 2.53. The molecule has 4 rings (SSSR count). The number of aromatic nitrogens is 2. The summed E-state index contributed by atoms with van der Waals surface area (Å²) >= 11 is 0. The number of rotatable bonds is 7. The minimum Gasteiger partial charge on any atom is -0.464 e. The van der Waals surface area contributed by atoms with E-state index >= 15 is 0 Å². The third-order valence-electron chi connectivity index (χ3n) is 5.14. The molecule has 0 aliphatic carbocycles. The van der Waals surface area contributed by atoms with Crippen molar-refractivity contribution in [1.29, 1.82) is 0 Å². The second-order valence-electron chi connectivity index (χ2n) is 6.93. The van der Waals surface area contributed by atoms with E-state index < -0.39 is 24.1 Å². The molecule has 2 unspecified atom stereocenters. The fourth-order valence-electron chi connectivity index (χ4n) is 3.85. The maximum atomic E-state index is 13.3. The average molecular weight is 410 g/mol. The third kappa shape index (κ3) is 3.09. The summed E-state index contributed by atoms with van der Waals surface area (Å²) in [6, 6.07) is 14.0. The van der Waals surface area contributed by atoms with Gasteiger partial charge in [0.2, 0.25) is 5.60 Å². The van der Waals surface area contributed by atoms with Crippen molar-refractivity contribution in [3.8, 4) is 5.69 Å². The smallest absolute Gasteiger partial charge is 0.341 e. The zero-order valence-electron chi connectivity index (χ0n) is 16.7. The predicted octanol–water partition coefficient (Wildman–Crippen LogP) is 2.09. The Hall–Kier alpha value is -3.07. The first-order chi connectivity index (χ1) is 14.5. The van der Waals surface area contributed by atoms with Crippen LogP contribution in [-0.2, 0) is 19.3 Å². The van der Waals surface area contributed by atoms with E-state index in [0.717, 1.165) is 0 Å². The molecule has 30 heavy (non-hydrogen) atoms. The lowest BCUT2D eigenvalue weighted by Gasteiger charge is -2.30. The molecule has 2 aromatic carbocycles. The van der Waals surface area contributed by atoms with Crippen LogP contribution in [0.3, 0.4) is 0 Å². The Labute approximate surface area is 172 Å². The molecule has 0 fully saturated rings. The minimum atomic E-state index is -2.15. The van der Waals surface area contributed by atoms with E-state index in [0.29, 0.717) is 22.2 Å². The predicted molar refractivity (Wildman–Crippen MR) is 108 cm³/mol. The number of carbonyl (C=O) groups excluding carboxylic acids is 1. The number of benzene rings is 2. The van der Waals surface area contributed by atoms with E-state index in [1.807, 2.05) is 0 Å². The van der Waals surface area contributed by atoms with Crippen LogP contribution in [0.15, 0.2) is 53.3 Å². The third-order valence-corrected chi connectivity index (χ3v) is 5.14. The van der Waals surface area contributed by atoms with Crippen LogP contribution in [0.1, 0.15) is 31.2 Å². The Morgan fingerprint density at radius 3 is 2.60 bits per heavy atom. The lowest BCUT2D eigenvalue weighted by Crippen LogP contribution is -2.50. The quantitative estimate of drug-likeness (QED) is 0.276. The molecular weight excluding hydrogens is 388 g/mol. The molecule has 8 heteroatoms. The van der Waals surface area contributed by atoms with Gasteiger partial charge in [0.05, 0.1) is 35.7 Å². The van der Waals surface area contributed by atoms with Crippen molar-refractivity contribution in [2.45, 2.75) is 25.4 Å². The highest BCUT2D eigenvalue weighted by Crippen LogP contribution is 2.43. The maximum absolute atomic E-state index is 13.3. The minimum absolute atomic E-state index is 0.0715. The summed E-state index contributed by atoms with van der Waals surface area (Å²) in [5.74, 6) is -1.61. The number of nitrogens with zero attached hydrogens (tertiary/aromatic N) is 2. The highest BCUT2D eigenvalue weighted by molar-refractivity contribution is 5.84. The van der Waals surface area contributed by atoms with Gasteiger partial charge in [-0.15, -0.1) is 0 Å². The molecule has 3 aromatic rings. The van der Waals surface area contributed by atoms with E-state index in [9.17, 15) is 14.7 Å². The zero-order chi connectivity index (χ0) is 21.3. The Bertz CT molecular complexity index is 1160. The molecule has 2 atom stereocenters. The topological polar surface area (TPSA) is 99.9 Å². The maximum Gasteiger partial charge on any atom is 0.341 e. The standard InChI is InChI=1S/C22H22N2O6/c1-3-28-21(26)22(27,13-30-29-4-2)18-15-10-6-8-12-17(15)24-19(18)23-16-11-7-5-9-14(16)20(24)25/h5-12,18,27H,3-4,13H2,1-2H3. The fraction of sp³-hybridized carbons (Fsp3) is 0.318. The summed E-state index contributed by atoms with van der Waals surface area (Å²) < 4.78 is 6.60. The van der Waals surface area contributed by atoms with Crippen LogP contribution in [0.4, 0.5) is 0 Å². The van der Waals surface area contributed by atoms with Crippen LogP contribution in [0.2, 0.25) is 0 Å². The monoisotopic (exact) mass is 410 g/mol. The van der Waals surface area contributed by atoms with Crippen molar-refractivity contribution < 1.29 is 24.4 Å². The van der Waals surface area contributed by atoms with Gasteiger partial charge in [-0.3, -0.25) is 9.36 Å². The molecule has 0 radical (unpaired) electrons. The first kappa shape index (κ1) is 20.2. The molecule has 0 amide bonds. The Morgan fingerprint density at radius 2 is 1.83 bits per heavy atom. The van der Waals surface area contributed by atoms with E-state index in [4.69, 9.17) is 14.5 Å². The number of fused-ring (bicyclic) bond motifs is 4. The molecule has 0 bridgehead atoms. The highest BCUT2D eigenvalue weighted by atomic mass is 17.2. The number of carbonyl (C=O) groups is 1. The fourth-order valence-corrected chi connectivity index (χ4v) is 3.85. The molecule has 1 aliphatic heterocycles. The molecule has 1 aromatic heterocycles. The van der Waals surface area contributed by atoms with Gasteiger partial charge in [0.1, 0.15) is 12.4 Å². The van der Waals surface area contributed by atoms with Crippen LogP contribution in [-0.4, -0.2) is 46.0 Å². The molecule has 0 spiro atoms. The number of aliphatic hydroxyl groups is 1. The Balaban J connectivity index is 1.97. The Kier molecular flexibility index (Phi) is 5.38. The average Bonchev–Trinajstić information content (AvgIpc) is 3.09. The Morgan fingerprint density at radius 1 is 1.10 bits per heavy atom. The van der Waals surface area contributed by atoms with Crippen molar-refractivity contribution in [3.63, 3.8) is 0 Å².